The van der Waals surface area contributed by atoms with Gasteiger partial charge in [-0.1, -0.05) is 54.1 Å². The van der Waals surface area contributed by atoms with Gasteiger partial charge in [0, 0.05) is 66.5 Å². The standard InChI is InChI=1S/C26H24ClN3O2/c27-20-8-5-9-21(18-20)29-16-14-28(15-17-29)12-1-2-13-30-25(31)22-10-3-6-19-7-4-11-23(24(19)22)26(30)32/h1-11,18H,12-17H2/b2-1-. The summed E-state index contributed by atoms with van der Waals surface area (Å²) < 4.78 is 0. The second-order valence-corrected chi connectivity index (χ2v) is 8.61. The molecular formula is C26H24ClN3O2. The lowest BCUT2D eigenvalue weighted by atomic mass is 9.94. The molecule has 0 radical (unpaired) electrons. The van der Waals surface area contributed by atoms with Crippen LogP contribution in [0.3, 0.4) is 0 Å². The number of rotatable bonds is 5. The molecule has 0 bridgehead atoms. The molecule has 0 aromatic heterocycles. The minimum Gasteiger partial charge on any atom is -0.369 e. The quantitative estimate of drug-likeness (QED) is 0.429. The van der Waals surface area contributed by atoms with Crippen LogP contribution in [0.2, 0.25) is 5.02 Å². The molecule has 2 aliphatic rings. The lowest BCUT2D eigenvalue weighted by Gasteiger charge is -2.35. The molecule has 5 nitrogen and oxygen atoms in total. The van der Waals surface area contributed by atoms with Crippen molar-refractivity contribution in [2.24, 2.45) is 0 Å². The van der Waals surface area contributed by atoms with Gasteiger partial charge in [0.1, 0.15) is 0 Å². The number of hydrogen-bond acceptors (Lipinski definition) is 4. The molecule has 3 aromatic carbocycles. The third kappa shape index (κ3) is 3.90. The summed E-state index contributed by atoms with van der Waals surface area (Å²) in [4.78, 5) is 31.9. The fourth-order valence-corrected chi connectivity index (χ4v) is 4.70. The predicted molar refractivity (Wildman–Crippen MR) is 129 cm³/mol. The smallest absolute Gasteiger partial charge is 0.261 e. The highest BCUT2D eigenvalue weighted by atomic mass is 35.5. The van der Waals surface area contributed by atoms with Gasteiger partial charge >= 0.3 is 0 Å². The number of carbonyl (C=O) groups is 2. The molecule has 32 heavy (non-hydrogen) atoms. The maximum Gasteiger partial charge on any atom is 0.261 e. The van der Waals surface area contributed by atoms with Crippen molar-refractivity contribution in [3.8, 4) is 0 Å². The maximum atomic E-state index is 13.0. The number of piperazine rings is 1. The number of imide groups is 1. The number of nitrogens with zero attached hydrogens (tertiary/aromatic N) is 3. The molecule has 0 spiro atoms. The molecule has 2 aliphatic heterocycles. The normalized spacial score (nSPS) is 17.0. The second kappa shape index (κ2) is 8.77. The van der Waals surface area contributed by atoms with Crippen molar-refractivity contribution in [2.45, 2.75) is 0 Å². The van der Waals surface area contributed by atoms with E-state index in [2.05, 4.69) is 21.9 Å². The van der Waals surface area contributed by atoms with Crippen LogP contribution in [-0.2, 0) is 0 Å². The average molecular weight is 446 g/mol. The van der Waals surface area contributed by atoms with E-state index in [-0.39, 0.29) is 18.4 Å². The van der Waals surface area contributed by atoms with Gasteiger partial charge in [-0.3, -0.25) is 19.4 Å². The first-order valence-corrected chi connectivity index (χ1v) is 11.3. The van der Waals surface area contributed by atoms with E-state index in [0.29, 0.717) is 11.1 Å². The molecule has 5 rings (SSSR count). The zero-order valence-corrected chi connectivity index (χ0v) is 18.5. The summed E-state index contributed by atoms with van der Waals surface area (Å²) in [6, 6.07) is 19.2. The molecule has 3 aromatic rings. The highest BCUT2D eigenvalue weighted by molar-refractivity contribution is 6.30. The number of amides is 2. The topological polar surface area (TPSA) is 43.9 Å². The molecule has 0 N–H and O–H groups in total. The van der Waals surface area contributed by atoms with E-state index in [1.165, 1.54) is 4.90 Å². The average Bonchev–Trinajstić information content (AvgIpc) is 2.82. The lowest BCUT2D eigenvalue weighted by Crippen LogP contribution is -2.46. The number of hydrogen-bond donors (Lipinski definition) is 0. The summed E-state index contributed by atoms with van der Waals surface area (Å²) in [5, 5.41) is 2.45. The van der Waals surface area contributed by atoms with E-state index in [1.807, 2.05) is 48.5 Å². The summed E-state index contributed by atoms with van der Waals surface area (Å²) >= 11 is 6.11. The van der Waals surface area contributed by atoms with Gasteiger partial charge in [0.25, 0.3) is 11.8 Å². The van der Waals surface area contributed by atoms with Crippen molar-refractivity contribution in [1.82, 2.24) is 9.80 Å². The number of anilines is 1. The van der Waals surface area contributed by atoms with E-state index in [0.717, 1.165) is 54.2 Å². The molecule has 2 heterocycles. The van der Waals surface area contributed by atoms with Crippen LogP contribution in [0.1, 0.15) is 20.7 Å². The Labute approximate surface area is 192 Å². The Bertz CT molecular complexity index is 1160. The summed E-state index contributed by atoms with van der Waals surface area (Å²) in [5.41, 5.74) is 2.36. The highest BCUT2D eigenvalue weighted by Crippen LogP contribution is 2.29. The number of benzene rings is 3. The molecule has 162 valence electrons. The van der Waals surface area contributed by atoms with Crippen LogP contribution >= 0.6 is 11.6 Å². The fraction of sp³-hybridized carbons (Fsp3) is 0.231. The Hall–Kier alpha value is -3.15. The third-order valence-corrected chi connectivity index (χ3v) is 6.45. The van der Waals surface area contributed by atoms with E-state index in [1.54, 1.807) is 12.1 Å². The van der Waals surface area contributed by atoms with Gasteiger partial charge in [0.2, 0.25) is 0 Å². The zero-order valence-electron chi connectivity index (χ0n) is 17.7. The van der Waals surface area contributed by atoms with Crippen LogP contribution in [-0.4, -0.2) is 60.9 Å². The number of carbonyl (C=O) groups excluding carboxylic acids is 2. The Kier molecular flexibility index (Phi) is 5.68. The molecule has 0 atom stereocenters. The maximum absolute atomic E-state index is 13.0. The van der Waals surface area contributed by atoms with Gasteiger partial charge in [-0.2, -0.15) is 0 Å². The van der Waals surface area contributed by atoms with Crippen LogP contribution in [0.4, 0.5) is 5.69 Å². The first-order chi connectivity index (χ1) is 15.6. The minimum absolute atomic E-state index is 0.223. The second-order valence-electron chi connectivity index (χ2n) is 8.17. The van der Waals surface area contributed by atoms with Crippen molar-refractivity contribution in [3.05, 3.63) is 89.0 Å². The fourth-order valence-electron chi connectivity index (χ4n) is 4.51. The van der Waals surface area contributed by atoms with Crippen LogP contribution in [0.15, 0.2) is 72.8 Å². The lowest BCUT2D eigenvalue weighted by molar-refractivity contribution is 0.0628. The summed E-state index contributed by atoms with van der Waals surface area (Å²) in [5.74, 6) is -0.446. The van der Waals surface area contributed by atoms with Crippen molar-refractivity contribution in [1.29, 1.82) is 0 Å². The van der Waals surface area contributed by atoms with E-state index in [4.69, 9.17) is 11.6 Å². The molecule has 2 amide bonds. The van der Waals surface area contributed by atoms with Crippen molar-refractivity contribution in [2.75, 3.05) is 44.2 Å². The minimum atomic E-state index is -0.223. The zero-order chi connectivity index (χ0) is 22.1. The first kappa shape index (κ1) is 20.7. The molecule has 0 unspecified atom stereocenters. The van der Waals surface area contributed by atoms with Crippen LogP contribution in [0, 0.1) is 0 Å². The van der Waals surface area contributed by atoms with Crippen LogP contribution in [0.25, 0.3) is 10.8 Å². The van der Waals surface area contributed by atoms with Crippen LogP contribution in [0.5, 0.6) is 0 Å². The Balaban J connectivity index is 1.18. The van der Waals surface area contributed by atoms with Gasteiger partial charge in [0.05, 0.1) is 0 Å². The van der Waals surface area contributed by atoms with E-state index in [9.17, 15) is 9.59 Å². The predicted octanol–water partition coefficient (Wildman–Crippen LogP) is 4.47. The van der Waals surface area contributed by atoms with Gasteiger partial charge < -0.3 is 4.90 Å². The Morgan fingerprint density at radius 1 is 0.781 bits per heavy atom. The van der Waals surface area contributed by atoms with Crippen LogP contribution < -0.4 is 4.90 Å². The monoisotopic (exact) mass is 445 g/mol. The molecule has 0 saturated carbocycles. The molecule has 1 saturated heterocycles. The highest BCUT2D eigenvalue weighted by Gasteiger charge is 2.31. The SMILES string of the molecule is O=C1c2cccc3cccc(c23)C(=O)N1C/C=C\CN1CCN(c2cccc(Cl)c2)CC1. The van der Waals surface area contributed by atoms with Gasteiger partial charge in [-0.25, -0.2) is 0 Å². The van der Waals surface area contributed by atoms with Gasteiger partial charge in [-0.15, -0.1) is 0 Å². The van der Waals surface area contributed by atoms with Crippen molar-refractivity contribution >= 4 is 39.9 Å². The molecule has 0 aliphatic carbocycles. The molecular weight excluding hydrogens is 422 g/mol. The third-order valence-electron chi connectivity index (χ3n) is 6.22. The summed E-state index contributed by atoms with van der Waals surface area (Å²) in [6.07, 6.45) is 3.98. The van der Waals surface area contributed by atoms with Crippen molar-refractivity contribution in [3.63, 3.8) is 0 Å². The van der Waals surface area contributed by atoms with Gasteiger partial charge in [-0.05, 0) is 35.7 Å². The summed E-state index contributed by atoms with van der Waals surface area (Å²) in [7, 11) is 0. The largest absolute Gasteiger partial charge is 0.369 e. The Morgan fingerprint density at radius 3 is 2.06 bits per heavy atom. The van der Waals surface area contributed by atoms with Crippen molar-refractivity contribution < 1.29 is 9.59 Å². The first-order valence-electron chi connectivity index (χ1n) is 10.9. The molecule has 6 heteroatoms. The van der Waals surface area contributed by atoms with E-state index >= 15 is 0 Å². The summed E-state index contributed by atoms with van der Waals surface area (Å²) in [6.45, 7) is 4.87. The van der Waals surface area contributed by atoms with Gasteiger partial charge in [0.15, 0.2) is 0 Å². The van der Waals surface area contributed by atoms with E-state index < -0.39 is 0 Å². The Morgan fingerprint density at radius 2 is 1.41 bits per heavy atom. The number of halogens is 1. The molecule has 1 fully saturated rings.